The summed E-state index contributed by atoms with van der Waals surface area (Å²) in [5, 5.41) is 12.7. The number of carboxylic acids is 1. The van der Waals surface area contributed by atoms with Gasteiger partial charge in [-0.05, 0) is 36.4 Å². The number of fused-ring (bicyclic) bond motifs is 1. The summed E-state index contributed by atoms with van der Waals surface area (Å²) in [5.41, 5.74) is 1.51. The summed E-state index contributed by atoms with van der Waals surface area (Å²) in [4.78, 5) is 25.8. The second kappa shape index (κ2) is 4.42. The average Bonchev–Trinajstić information content (AvgIpc) is 2.79. The molecule has 0 atom stereocenters. The molecule has 98 valence electrons. The summed E-state index contributed by atoms with van der Waals surface area (Å²) in [7, 11) is 0. The molecule has 1 fully saturated rings. The number of H-pyrrole nitrogens is 1. The molecule has 1 aliphatic carbocycles. The molecule has 0 saturated heterocycles. The van der Waals surface area contributed by atoms with Gasteiger partial charge in [0.15, 0.2) is 0 Å². The van der Waals surface area contributed by atoms with Gasteiger partial charge in [0, 0.05) is 23.3 Å². The van der Waals surface area contributed by atoms with Crippen LogP contribution in [0.15, 0.2) is 30.5 Å². The summed E-state index contributed by atoms with van der Waals surface area (Å²) in [6.45, 7) is 0. The highest BCUT2D eigenvalue weighted by atomic mass is 16.4. The molecular formula is C14H14N2O3. The van der Waals surface area contributed by atoms with Gasteiger partial charge in [0.25, 0.3) is 5.91 Å². The second-order valence-corrected chi connectivity index (χ2v) is 4.96. The Labute approximate surface area is 109 Å². The molecule has 1 aliphatic rings. The molecule has 1 aromatic heterocycles. The molecule has 1 aromatic carbocycles. The highest BCUT2D eigenvalue weighted by Gasteiger charge is 2.35. The Hall–Kier alpha value is -2.30. The molecule has 0 aliphatic heterocycles. The van der Waals surface area contributed by atoms with Crippen molar-refractivity contribution in [2.24, 2.45) is 5.92 Å². The van der Waals surface area contributed by atoms with E-state index >= 15 is 0 Å². The van der Waals surface area contributed by atoms with Crippen LogP contribution in [0.2, 0.25) is 0 Å². The zero-order valence-corrected chi connectivity index (χ0v) is 10.2. The molecule has 1 saturated carbocycles. The molecule has 0 spiro atoms. The fourth-order valence-corrected chi connectivity index (χ4v) is 2.40. The Morgan fingerprint density at radius 3 is 2.79 bits per heavy atom. The minimum atomic E-state index is -0.779. The number of rotatable bonds is 3. The van der Waals surface area contributed by atoms with Crippen LogP contribution >= 0.6 is 0 Å². The topological polar surface area (TPSA) is 82.2 Å². The molecule has 5 nitrogen and oxygen atoms in total. The number of aromatic amines is 1. The molecule has 3 N–H and O–H groups in total. The number of carbonyl (C=O) groups excluding carboxylic acids is 1. The second-order valence-electron chi connectivity index (χ2n) is 4.96. The van der Waals surface area contributed by atoms with E-state index in [4.69, 9.17) is 5.11 Å². The van der Waals surface area contributed by atoms with Gasteiger partial charge in [-0.25, -0.2) is 0 Å². The number of amides is 1. The highest BCUT2D eigenvalue weighted by Crippen LogP contribution is 2.27. The van der Waals surface area contributed by atoms with Crippen LogP contribution in [0.3, 0.4) is 0 Å². The summed E-state index contributed by atoms with van der Waals surface area (Å²) in [6, 6.07) is 7.40. The lowest BCUT2D eigenvalue weighted by Gasteiger charge is -2.32. The molecule has 2 aromatic rings. The van der Waals surface area contributed by atoms with Crippen molar-refractivity contribution in [3.63, 3.8) is 0 Å². The van der Waals surface area contributed by atoms with Gasteiger partial charge in [-0.1, -0.05) is 6.07 Å². The van der Waals surface area contributed by atoms with E-state index in [9.17, 15) is 9.59 Å². The maximum absolute atomic E-state index is 12.0. The Morgan fingerprint density at radius 1 is 1.26 bits per heavy atom. The van der Waals surface area contributed by atoms with E-state index in [1.165, 1.54) is 0 Å². The lowest BCUT2D eigenvalue weighted by Crippen LogP contribution is -2.46. The number of benzene rings is 1. The molecule has 0 radical (unpaired) electrons. The fourth-order valence-electron chi connectivity index (χ4n) is 2.40. The zero-order valence-electron chi connectivity index (χ0n) is 10.2. The summed E-state index contributed by atoms with van der Waals surface area (Å²) >= 11 is 0. The summed E-state index contributed by atoms with van der Waals surface area (Å²) in [6.07, 6.45) is 2.87. The van der Waals surface area contributed by atoms with Crippen LogP contribution < -0.4 is 5.32 Å². The van der Waals surface area contributed by atoms with E-state index in [0.29, 0.717) is 18.4 Å². The number of nitrogens with one attached hydrogen (secondary N) is 2. The molecular weight excluding hydrogens is 244 g/mol. The normalized spacial score (nSPS) is 21.9. The number of hydrogen-bond acceptors (Lipinski definition) is 2. The van der Waals surface area contributed by atoms with Gasteiger partial charge in [0.2, 0.25) is 0 Å². The third-order valence-corrected chi connectivity index (χ3v) is 3.64. The standard InChI is InChI=1S/C14H14N2O3/c17-13(16-11-5-10(6-11)14(18)19)9-2-1-8-3-4-15-12(8)7-9/h1-4,7,10-11,15H,5-6H2,(H,16,17)(H,18,19). The van der Waals surface area contributed by atoms with Gasteiger partial charge >= 0.3 is 5.97 Å². The Bertz CT molecular complexity index is 641. The number of carboxylic acid groups (broad SMARTS) is 1. The Kier molecular flexibility index (Phi) is 2.74. The predicted molar refractivity (Wildman–Crippen MR) is 69.9 cm³/mol. The molecule has 5 heteroatoms. The summed E-state index contributed by atoms with van der Waals surface area (Å²) in [5.74, 6) is -1.24. The van der Waals surface area contributed by atoms with Crippen molar-refractivity contribution in [1.29, 1.82) is 0 Å². The van der Waals surface area contributed by atoms with E-state index in [0.717, 1.165) is 10.9 Å². The van der Waals surface area contributed by atoms with Crippen molar-refractivity contribution in [1.82, 2.24) is 10.3 Å². The van der Waals surface area contributed by atoms with Crippen molar-refractivity contribution in [2.45, 2.75) is 18.9 Å². The zero-order chi connectivity index (χ0) is 13.4. The lowest BCUT2D eigenvalue weighted by molar-refractivity contribution is -0.145. The third kappa shape index (κ3) is 2.19. The van der Waals surface area contributed by atoms with Gasteiger partial charge in [-0.2, -0.15) is 0 Å². The van der Waals surface area contributed by atoms with Crippen molar-refractivity contribution < 1.29 is 14.7 Å². The molecule has 0 unspecified atom stereocenters. The van der Waals surface area contributed by atoms with E-state index in [2.05, 4.69) is 10.3 Å². The van der Waals surface area contributed by atoms with Crippen LogP contribution in [0, 0.1) is 5.92 Å². The molecule has 1 amide bonds. The van der Waals surface area contributed by atoms with E-state index in [1.807, 2.05) is 18.3 Å². The van der Waals surface area contributed by atoms with Crippen molar-refractivity contribution >= 4 is 22.8 Å². The first-order valence-corrected chi connectivity index (χ1v) is 6.24. The third-order valence-electron chi connectivity index (χ3n) is 3.64. The maximum atomic E-state index is 12.0. The van der Waals surface area contributed by atoms with Gasteiger partial charge in [0.05, 0.1) is 5.92 Å². The van der Waals surface area contributed by atoms with Gasteiger partial charge in [-0.15, -0.1) is 0 Å². The first kappa shape index (κ1) is 11.8. The van der Waals surface area contributed by atoms with E-state index in [-0.39, 0.29) is 17.9 Å². The molecule has 1 heterocycles. The average molecular weight is 258 g/mol. The lowest BCUT2D eigenvalue weighted by atomic mass is 9.80. The minimum absolute atomic E-state index is 0.0204. The first-order valence-electron chi connectivity index (χ1n) is 6.24. The monoisotopic (exact) mass is 258 g/mol. The summed E-state index contributed by atoms with van der Waals surface area (Å²) < 4.78 is 0. The smallest absolute Gasteiger partial charge is 0.306 e. The molecule has 0 bridgehead atoms. The van der Waals surface area contributed by atoms with Crippen molar-refractivity contribution in [2.75, 3.05) is 0 Å². The van der Waals surface area contributed by atoms with Gasteiger partial charge in [0.1, 0.15) is 0 Å². The van der Waals surface area contributed by atoms with Crippen molar-refractivity contribution in [3.05, 3.63) is 36.0 Å². The largest absolute Gasteiger partial charge is 0.481 e. The number of aromatic nitrogens is 1. The minimum Gasteiger partial charge on any atom is -0.481 e. The quantitative estimate of drug-likeness (QED) is 0.784. The number of aliphatic carboxylic acids is 1. The van der Waals surface area contributed by atoms with E-state index in [1.54, 1.807) is 12.1 Å². The number of hydrogen-bond donors (Lipinski definition) is 3. The SMILES string of the molecule is O=C(NC1CC(C(=O)O)C1)c1ccc2cc[nH]c2c1. The maximum Gasteiger partial charge on any atom is 0.306 e. The highest BCUT2D eigenvalue weighted by molar-refractivity contribution is 5.98. The van der Waals surface area contributed by atoms with E-state index < -0.39 is 5.97 Å². The van der Waals surface area contributed by atoms with Gasteiger partial charge < -0.3 is 15.4 Å². The van der Waals surface area contributed by atoms with Crippen LogP contribution in [0.1, 0.15) is 23.2 Å². The first-order chi connectivity index (χ1) is 9.13. The Morgan fingerprint density at radius 2 is 2.05 bits per heavy atom. The van der Waals surface area contributed by atoms with Crippen LogP contribution in [-0.2, 0) is 4.79 Å². The van der Waals surface area contributed by atoms with Crippen LogP contribution in [0.25, 0.3) is 10.9 Å². The van der Waals surface area contributed by atoms with Crippen LogP contribution in [0.5, 0.6) is 0 Å². The van der Waals surface area contributed by atoms with Crippen molar-refractivity contribution in [3.8, 4) is 0 Å². The van der Waals surface area contributed by atoms with Gasteiger partial charge in [-0.3, -0.25) is 9.59 Å². The molecule has 3 rings (SSSR count). The van der Waals surface area contributed by atoms with Crippen LogP contribution in [0.4, 0.5) is 0 Å². The number of carbonyl (C=O) groups is 2. The fraction of sp³-hybridized carbons (Fsp3) is 0.286. The van der Waals surface area contributed by atoms with Crippen LogP contribution in [-0.4, -0.2) is 28.0 Å². The predicted octanol–water partition coefficient (Wildman–Crippen LogP) is 1.76. The Balaban J connectivity index is 1.66. The molecule has 19 heavy (non-hydrogen) atoms.